The van der Waals surface area contributed by atoms with Crippen molar-refractivity contribution in [2.75, 3.05) is 12.4 Å². The average Bonchev–Trinajstić information content (AvgIpc) is 2.83. The lowest BCUT2D eigenvalue weighted by atomic mass is 10.2. The van der Waals surface area contributed by atoms with E-state index in [2.05, 4.69) is 10.3 Å². The number of benzene rings is 3. The lowest BCUT2D eigenvalue weighted by Crippen LogP contribution is -2.27. The summed E-state index contributed by atoms with van der Waals surface area (Å²) in [6.07, 6.45) is 0. The summed E-state index contributed by atoms with van der Waals surface area (Å²) >= 11 is 7.19. The van der Waals surface area contributed by atoms with Crippen molar-refractivity contribution in [1.29, 1.82) is 0 Å². The first-order valence-corrected chi connectivity index (χ1v) is 11.7. The molecule has 0 saturated heterocycles. The summed E-state index contributed by atoms with van der Waals surface area (Å²) in [6.45, 7) is 1.98. The molecule has 34 heavy (non-hydrogen) atoms. The predicted molar refractivity (Wildman–Crippen MR) is 133 cm³/mol. The van der Waals surface area contributed by atoms with Gasteiger partial charge in [0.25, 0.3) is 5.56 Å². The molecule has 4 aromatic rings. The largest absolute Gasteiger partial charge is 0.497 e. The molecule has 4 rings (SSSR count). The van der Waals surface area contributed by atoms with Gasteiger partial charge in [0, 0.05) is 0 Å². The second-order valence-corrected chi connectivity index (χ2v) is 9.24. The van der Waals surface area contributed by atoms with Crippen LogP contribution in [-0.4, -0.2) is 27.8 Å². The molecule has 0 aliphatic carbocycles. The molecule has 9 heteroatoms. The zero-order chi connectivity index (χ0) is 24.2. The third-order valence-electron chi connectivity index (χ3n) is 5.17. The van der Waals surface area contributed by atoms with Gasteiger partial charge in [-0.05, 0) is 55.0 Å². The van der Waals surface area contributed by atoms with E-state index in [-0.39, 0.29) is 23.0 Å². The molecular weight excluding hydrogens is 477 g/mol. The van der Waals surface area contributed by atoms with Gasteiger partial charge in [-0.1, -0.05) is 47.6 Å². The van der Waals surface area contributed by atoms with E-state index in [0.29, 0.717) is 27.5 Å². The van der Waals surface area contributed by atoms with E-state index in [0.717, 1.165) is 23.4 Å². The first-order chi connectivity index (χ1) is 16.4. The number of amides is 1. The highest BCUT2D eigenvalue weighted by Crippen LogP contribution is 2.27. The first kappa shape index (κ1) is 23.8. The molecule has 0 aliphatic rings. The van der Waals surface area contributed by atoms with Crippen LogP contribution < -0.4 is 15.6 Å². The zero-order valence-corrected chi connectivity index (χ0v) is 20.0. The van der Waals surface area contributed by atoms with Crippen LogP contribution in [0.2, 0.25) is 5.02 Å². The van der Waals surface area contributed by atoms with Crippen LogP contribution in [0.1, 0.15) is 12.5 Å². The van der Waals surface area contributed by atoms with Crippen LogP contribution in [0.25, 0.3) is 10.9 Å². The van der Waals surface area contributed by atoms with E-state index in [1.54, 1.807) is 36.8 Å². The Labute approximate surface area is 204 Å². The van der Waals surface area contributed by atoms with Crippen molar-refractivity contribution in [2.45, 2.75) is 23.9 Å². The van der Waals surface area contributed by atoms with Gasteiger partial charge in [-0.15, -0.1) is 0 Å². The summed E-state index contributed by atoms with van der Waals surface area (Å²) in [6, 6.07) is 18.3. The van der Waals surface area contributed by atoms with Gasteiger partial charge < -0.3 is 10.1 Å². The number of nitrogens with zero attached hydrogens (tertiary/aromatic N) is 2. The van der Waals surface area contributed by atoms with Gasteiger partial charge in [-0.25, -0.2) is 9.37 Å². The number of thioether (sulfide) groups is 1. The number of ether oxygens (including phenoxy) is 1. The van der Waals surface area contributed by atoms with Crippen molar-refractivity contribution >= 4 is 45.9 Å². The van der Waals surface area contributed by atoms with Gasteiger partial charge in [0.2, 0.25) is 5.91 Å². The molecule has 1 N–H and O–H groups in total. The molecule has 1 heterocycles. The van der Waals surface area contributed by atoms with Crippen LogP contribution in [0, 0.1) is 5.82 Å². The predicted octanol–water partition coefficient (Wildman–Crippen LogP) is 5.37. The summed E-state index contributed by atoms with van der Waals surface area (Å²) in [5.74, 6) is -0.127. The SMILES string of the molecule is COc1ccc(Cn2c(S[C@H](C)C(=O)Nc3ccc(F)cc3Cl)nc3ccccc3c2=O)cc1. The maximum Gasteiger partial charge on any atom is 0.262 e. The van der Waals surface area contributed by atoms with Crippen LogP contribution >= 0.6 is 23.4 Å². The number of nitrogens with one attached hydrogen (secondary N) is 1. The van der Waals surface area contributed by atoms with Crippen LogP contribution in [0.5, 0.6) is 5.75 Å². The Morgan fingerprint density at radius 2 is 1.91 bits per heavy atom. The minimum absolute atomic E-state index is 0.103. The topological polar surface area (TPSA) is 73.2 Å². The second kappa shape index (κ2) is 10.3. The number of carbonyl (C=O) groups excluding carboxylic acids is 1. The van der Waals surface area contributed by atoms with Gasteiger partial charge >= 0.3 is 0 Å². The molecule has 0 fully saturated rings. The molecular formula is C25H21ClFN3O3S. The summed E-state index contributed by atoms with van der Waals surface area (Å²) in [4.78, 5) is 30.8. The molecule has 174 valence electrons. The lowest BCUT2D eigenvalue weighted by Gasteiger charge is -2.17. The fraction of sp³-hybridized carbons (Fsp3) is 0.160. The molecule has 0 bridgehead atoms. The molecule has 1 amide bonds. The molecule has 0 unspecified atom stereocenters. The fourth-order valence-electron chi connectivity index (χ4n) is 3.33. The minimum Gasteiger partial charge on any atom is -0.497 e. The fourth-order valence-corrected chi connectivity index (χ4v) is 4.45. The van der Waals surface area contributed by atoms with Crippen molar-refractivity contribution in [3.63, 3.8) is 0 Å². The highest BCUT2D eigenvalue weighted by atomic mass is 35.5. The molecule has 0 aliphatic heterocycles. The molecule has 0 saturated carbocycles. The van der Waals surface area contributed by atoms with E-state index in [1.807, 2.05) is 30.3 Å². The minimum atomic E-state index is -0.615. The van der Waals surface area contributed by atoms with E-state index >= 15 is 0 Å². The van der Waals surface area contributed by atoms with Gasteiger partial charge in [0.05, 0.1) is 40.5 Å². The summed E-state index contributed by atoms with van der Waals surface area (Å²) in [7, 11) is 1.59. The Morgan fingerprint density at radius 1 is 1.18 bits per heavy atom. The van der Waals surface area contributed by atoms with Crippen molar-refractivity contribution < 1.29 is 13.9 Å². The average molecular weight is 498 g/mol. The third-order valence-corrected chi connectivity index (χ3v) is 6.57. The Bertz CT molecular complexity index is 1410. The van der Waals surface area contributed by atoms with Crippen LogP contribution in [0.4, 0.5) is 10.1 Å². The van der Waals surface area contributed by atoms with E-state index in [4.69, 9.17) is 16.3 Å². The van der Waals surface area contributed by atoms with Crippen LogP contribution in [-0.2, 0) is 11.3 Å². The van der Waals surface area contributed by atoms with Crippen molar-refractivity contribution in [3.05, 3.63) is 93.5 Å². The third kappa shape index (κ3) is 5.24. The zero-order valence-electron chi connectivity index (χ0n) is 18.4. The lowest BCUT2D eigenvalue weighted by molar-refractivity contribution is -0.115. The van der Waals surface area contributed by atoms with Gasteiger partial charge in [-0.2, -0.15) is 0 Å². The monoisotopic (exact) mass is 497 g/mol. The van der Waals surface area contributed by atoms with E-state index in [9.17, 15) is 14.0 Å². The Morgan fingerprint density at radius 3 is 2.62 bits per heavy atom. The highest BCUT2D eigenvalue weighted by molar-refractivity contribution is 8.00. The van der Waals surface area contributed by atoms with E-state index < -0.39 is 11.1 Å². The number of aromatic nitrogens is 2. The number of methoxy groups -OCH3 is 1. The molecule has 3 aromatic carbocycles. The smallest absolute Gasteiger partial charge is 0.262 e. The maximum absolute atomic E-state index is 13.3. The van der Waals surface area contributed by atoms with Crippen molar-refractivity contribution in [3.8, 4) is 5.75 Å². The van der Waals surface area contributed by atoms with E-state index in [1.165, 1.54) is 12.1 Å². The molecule has 1 atom stereocenters. The quantitative estimate of drug-likeness (QED) is 0.275. The number of para-hydroxylation sites is 1. The summed E-state index contributed by atoms with van der Waals surface area (Å²) in [5.41, 5.74) is 1.55. The molecule has 0 spiro atoms. The molecule has 1 aromatic heterocycles. The standard InChI is InChI=1S/C25H21ClFN3O3S/c1-15(23(31)28-22-12-9-17(27)13-20(22)26)34-25-29-21-6-4-3-5-19(21)24(32)30(25)14-16-7-10-18(33-2)11-8-16/h3-13,15H,14H2,1-2H3,(H,28,31)/t15-/m1/s1. The number of hydrogen-bond acceptors (Lipinski definition) is 5. The summed E-state index contributed by atoms with van der Waals surface area (Å²) in [5, 5.41) is 3.10. The molecule has 6 nitrogen and oxygen atoms in total. The number of anilines is 1. The first-order valence-electron chi connectivity index (χ1n) is 10.4. The van der Waals surface area contributed by atoms with Gasteiger partial charge in [-0.3, -0.25) is 14.2 Å². The number of hydrogen-bond donors (Lipinski definition) is 1. The Hall–Kier alpha value is -3.36. The van der Waals surface area contributed by atoms with Gasteiger partial charge in [0.15, 0.2) is 5.16 Å². The normalized spacial score (nSPS) is 11.9. The highest BCUT2D eigenvalue weighted by Gasteiger charge is 2.20. The van der Waals surface area contributed by atoms with Crippen molar-refractivity contribution in [2.24, 2.45) is 0 Å². The second-order valence-electron chi connectivity index (χ2n) is 7.52. The van der Waals surface area contributed by atoms with Crippen molar-refractivity contribution in [1.82, 2.24) is 9.55 Å². The molecule has 0 radical (unpaired) electrons. The number of halogens is 2. The number of rotatable bonds is 7. The van der Waals surface area contributed by atoms with Gasteiger partial charge in [0.1, 0.15) is 11.6 Å². The Balaban J connectivity index is 1.65. The Kier molecular flexibility index (Phi) is 7.19. The number of fused-ring (bicyclic) bond motifs is 1. The van der Waals surface area contributed by atoms with Crippen LogP contribution in [0.15, 0.2) is 76.7 Å². The number of carbonyl (C=O) groups is 1. The summed E-state index contributed by atoms with van der Waals surface area (Å²) < 4.78 is 20.1. The maximum atomic E-state index is 13.3. The van der Waals surface area contributed by atoms with Crippen LogP contribution in [0.3, 0.4) is 0 Å².